The van der Waals surface area contributed by atoms with Crippen molar-refractivity contribution < 1.29 is 14.7 Å². The van der Waals surface area contributed by atoms with E-state index in [0.717, 1.165) is 17.4 Å². The van der Waals surface area contributed by atoms with Crippen molar-refractivity contribution in [1.29, 1.82) is 5.26 Å². The molecule has 1 saturated heterocycles. The van der Waals surface area contributed by atoms with Crippen molar-refractivity contribution in [1.82, 2.24) is 9.97 Å². The Morgan fingerprint density at radius 2 is 2.04 bits per heavy atom. The van der Waals surface area contributed by atoms with Gasteiger partial charge in [0.25, 0.3) is 0 Å². The Kier molecular flexibility index (Phi) is 4.14. The molecule has 2 aromatic carbocycles. The smallest absolute Gasteiger partial charge is 0.335 e. The Morgan fingerprint density at radius 1 is 1.26 bits per heavy atom. The van der Waals surface area contributed by atoms with Crippen LogP contribution in [-0.2, 0) is 4.79 Å². The van der Waals surface area contributed by atoms with Gasteiger partial charge in [-0.05, 0) is 42.1 Å². The van der Waals surface area contributed by atoms with Gasteiger partial charge in [0.2, 0.25) is 5.12 Å². The fourth-order valence-electron chi connectivity index (χ4n) is 2.86. The molecule has 7 nitrogen and oxygen atoms in total. The summed E-state index contributed by atoms with van der Waals surface area (Å²) in [5, 5.41) is 19.3. The zero-order valence-electron chi connectivity index (χ0n) is 13.8. The zero-order valence-corrected chi connectivity index (χ0v) is 14.7. The maximum atomic E-state index is 12.1. The number of rotatable bonds is 3. The highest BCUT2D eigenvalue weighted by molar-refractivity contribution is 8.17. The van der Waals surface area contributed by atoms with Gasteiger partial charge < -0.3 is 15.0 Å². The number of nitriles is 1. The van der Waals surface area contributed by atoms with Crippen molar-refractivity contribution >= 4 is 45.1 Å². The number of hydrogen-bond acceptors (Lipinski definition) is 6. The molecule has 0 atom stereocenters. The molecular weight excluding hydrogens is 364 g/mol. The summed E-state index contributed by atoms with van der Waals surface area (Å²) in [6, 6.07) is 16.0. The second-order valence-corrected chi connectivity index (χ2v) is 6.86. The number of carbonyl (C=O) groups excluding carboxylic acids is 1. The lowest BCUT2D eigenvalue weighted by molar-refractivity contribution is -0.109. The van der Waals surface area contributed by atoms with E-state index < -0.39 is 5.97 Å². The largest absolute Gasteiger partial charge is 0.478 e. The van der Waals surface area contributed by atoms with E-state index in [4.69, 9.17) is 5.11 Å². The molecule has 0 spiro atoms. The van der Waals surface area contributed by atoms with Crippen LogP contribution in [0.5, 0.6) is 0 Å². The summed E-state index contributed by atoms with van der Waals surface area (Å²) in [6.07, 6.45) is 0. The number of imidazole rings is 1. The molecule has 27 heavy (non-hydrogen) atoms. The first-order chi connectivity index (χ1) is 13.1. The van der Waals surface area contributed by atoms with Crippen LogP contribution in [-0.4, -0.2) is 32.7 Å². The molecular formula is C19H12N4O3S. The molecule has 0 bridgehead atoms. The molecule has 2 heterocycles. The number of aromatic carboxylic acids is 1. The van der Waals surface area contributed by atoms with Crippen molar-refractivity contribution in [3.63, 3.8) is 0 Å². The Hall–Kier alpha value is -3.57. The van der Waals surface area contributed by atoms with Crippen LogP contribution in [0, 0.1) is 11.3 Å². The standard InChI is InChI=1S/C19H12N4O3S/c20-9-13(17-21-14-7-6-11(19(25)26)8-15(14)22-17)18-23(10-16(24)27-18)12-4-2-1-3-5-12/h1-8H,10H2,(H,21,22)(H,25,26)/b18-13+. The number of carbonyl (C=O) groups is 2. The molecule has 0 aliphatic carbocycles. The molecule has 3 aromatic rings. The number of anilines is 1. The van der Waals surface area contributed by atoms with Crippen molar-refractivity contribution in [3.8, 4) is 6.07 Å². The summed E-state index contributed by atoms with van der Waals surface area (Å²) in [6.45, 7) is 0.165. The molecule has 0 saturated carbocycles. The van der Waals surface area contributed by atoms with E-state index in [2.05, 4.69) is 16.0 Å². The molecule has 1 aliphatic heterocycles. The number of H-pyrrole nitrogens is 1. The van der Waals surface area contributed by atoms with Gasteiger partial charge >= 0.3 is 5.97 Å². The van der Waals surface area contributed by atoms with Gasteiger partial charge in [0.05, 0.1) is 23.1 Å². The first-order valence-electron chi connectivity index (χ1n) is 7.98. The van der Waals surface area contributed by atoms with Crippen LogP contribution in [0.15, 0.2) is 53.6 Å². The molecule has 132 valence electrons. The van der Waals surface area contributed by atoms with Crippen LogP contribution in [0.3, 0.4) is 0 Å². The lowest BCUT2D eigenvalue weighted by atomic mass is 10.2. The number of aromatic nitrogens is 2. The number of carboxylic acid groups (broad SMARTS) is 1. The number of thioether (sulfide) groups is 1. The SMILES string of the molecule is N#C/C(=C1\SC(=O)CN1c1ccccc1)c1nc2ccc(C(=O)O)cc2[nH]1. The van der Waals surface area contributed by atoms with Crippen LogP contribution in [0.25, 0.3) is 16.6 Å². The summed E-state index contributed by atoms with van der Waals surface area (Å²) in [5.74, 6) is -0.743. The Labute approximate surface area is 157 Å². The van der Waals surface area contributed by atoms with Crippen LogP contribution in [0.2, 0.25) is 0 Å². The number of allylic oxidation sites excluding steroid dienone is 1. The normalized spacial score (nSPS) is 15.8. The molecule has 0 amide bonds. The van der Waals surface area contributed by atoms with Crippen molar-refractivity contribution in [3.05, 3.63) is 64.9 Å². The zero-order chi connectivity index (χ0) is 19.0. The minimum atomic E-state index is -1.04. The fourth-order valence-corrected chi connectivity index (χ4v) is 3.80. The topological polar surface area (TPSA) is 110 Å². The van der Waals surface area contributed by atoms with Crippen molar-refractivity contribution in [2.45, 2.75) is 0 Å². The van der Waals surface area contributed by atoms with Crippen molar-refractivity contribution in [2.75, 3.05) is 11.4 Å². The highest BCUT2D eigenvalue weighted by Gasteiger charge is 2.31. The van der Waals surface area contributed by atoms with Gasteiger partial charge in [0, 0.05) is 5.69 Å². The van der Waals surface area contributed by atoms with Gasteiger partial charge in [0.15, 0.2) is 5.82 Å². The van der Waals surface area contributed by atoms with E-state index in [1.807, 2.05) is 30.3 Å². The summed E-state index contributed by atoms with van der Waals surface area (Å²) in [5.41, 5.74) is 2.23. The highest BCUT2D eigenvalue weighted by Crippen LogP contribution is 2.38. The average Bonchev–Trinajstić information content (AvgIpc) is 3.26. The van der Waals surface area contributed by atoms with Gasteiger partial charge in [-0.15, -0.1) is 0 Å². The molecule has 2 N–H and O–H groups in total. The third-order valence-electron chi connectivity index (χ3n) is 4.10. The average molecular weight is 376 g/mol. The fraction of sp³-hybridized carbons (Fsp3) is 0.0526. The maximum absolute atomic E-state index is 12.1. The monoisotopic (exact) mass is 376 g/mol. The molecule has 0 radical (unpaired) electrons. The van der Waals surface area contributed by atoms with E-state index in [1.54, 1.807) is 11.0 Å². The van der Waals surface area contributed by atoms with Gasteiger partial charge in [-0.1, -0.05) is 18.2 Å². The highest BCUT2D eigenvalue weighted by atomic mass is 32.2. The van der Waals surface area contributed by atoms with Gasteiger partial charge in [-0.3, -0.25) is 4.79 Å². The van der Waals surface area contributed by atoms with Gasteiger partial charge in [0.1, 0.15) is 16.7 Å². The van der Waals surface area contributed by atoms with E-state index in [0.29, 0.717) is 21.9 Å². The van der Waals surface area contributed by atoms with E-state index in [9.17, 15) is 14.9 Å². The summed E-state index contributed by atoms with van der Waals surface area (Å²) < 4.78 is 0. The maximum Gasteiger partial charge on any atom is 0.335 e. The molecule has 8 heteroatoms. The Bertz CT molecular complexity index is 1140. The van der Waals surface area contributed by atoms with Crippen LogP contribution in [0.4, 0.5) is 5.69 Å². The van der Waals surface area contributed by atoms with Gasteiger partial charge in [-0.25, -0.2) is 9.78 Å². The predicted molar refractivity (Wildman–Crippen MR) is 102 cm³/mol. The first-order valence-corrected chi connectivity index (χ1v) is 8.79. The lowest BCUT2D eigenvalue weighted by Crippen LogP contribution is -2.19. The number of aromatic amines is 1. The number of nitrogens with one attached hydrogen (secondary N) is 1. The van der Waals surface area contributed by atoms with E-state index >= 15 is 0 Å². The predicted octanol–water partition coefficient (Wildman–Crippen LogP) is 3.23. The summed E-state index contributed by atoms with van der Waals surface area (Å²) >= 11 is 1.00. The lowest BCUT2D eigenvalue weighted by Gasteiger charge is -2.18. The third-order valence-corrected chi connectivity index (χ3v) is 5.08. The molecule has 1 aliphatic rings. The second-order valence-electron chi connectivity index (χ2n) is 5.81. The quantitative estimate of drug-likeness (QED) is 0.675. The number of para-hydroxylation sites is 1. The number of fused-ring (bicyclic) bond motifs is 1. The van der Waals surface area contributed by atoms with Gasteiger partial charge in [-0.2, -0.15) is 5.26 Å². The third kappa shape index (κ3) is 3.05. The van der Waals surface area contributed by atoms with Crippen LogP contribution in [0.1, 0.15) is 16.2 Å². The Morgan fingerprint density at radius 3 is 2.74 bits per heavy atom. The molecule has 4 rings (SSSR count). The molecule has 0 unspecified atom stereocenters. The number of hydrogen-bond donors (Lipinski definition) is 2. The first kappa shape index (κ1) is 16.9. The van der Waals surface area contributed by atoms with Crippen LogP contribution >= 0.6 is 11.8 Å². The minimum Gasteiger partial charge on any atom is -0.478 e. The van der Waals surface area contributed by atoms with Crippen molar-refractivity contribution in [2.24, 2.45) is 0 Å². The number of benzene rings is 2. The summed E-state index contributed by atoms with van der Waals surface area (Å²) in [4.78, 5) is 32.4. The van der Waals surface area contributed by atoms with E-state index in [-0.39, 0.29) is 22.8 Å². The number of nitrogens with zero attached hydrogens (tertiary/aromatic N) is 3. The van der Waals surface area contributed by atoms with E-state index in [1.165, 1.54) is 12.1 Å². The molecule has 1 fully saturated rings. The van der Waals surface area contributed by atoms with Crippen LogP contribution < -0.4 is 4.90 Å². The number of carboxylic acids is 1. The minimum absolute atomic E-state index is 0.0640. The Balaban J connectivity index is 1.84. The summed E-state index contributed by atoms with van der Waals surface area (Å²) in [7, 11) is 0. The second kappa shape index (κ2) is 6.63. The molecule has 1 aromatic heterocycles.